The average Bonchev–Trinajstić information content (AvgIpc) is 2.76. The molecule has 1 N–H and O–H groups in total. The van der Waals surface area contributed by atoms with Crippen LogP contribution in [0.3, 0.4) is 0 Å². The largest absolute Gasteiger partial charge is 0.373 e. The number of nitrogens with zero attached hydrogens (tertiary/aromatic N) is 2. The number of aryl methyl sites for hydroxylation is 1. The third kappa shape index (κ3) is 2.50. The van der Waals surface area contributed by atoms with Crippen LogP contribution in [0.2, 0.25) is 0 Å². The molecule has 0 amide bonds. The Morgan fingerprint density at radius 1 is 1.41 bits per heavy atom. The van der Waals surface area contributed by atoms with Gasteiger partial charge in [0.1, 0.15) is 5.82 Å². The maximum Gasteiger partial charge on any atom is 0.171 e. The number of aromatic nitrogens is 2. The maximum atomic E-state index is 4.62. The zero-order valence-corrected chi connectivity index (χ0v) is 12.4. The fourth-order valence-electron chi connectivity index (χ4n) is 1.69. The van der Waals surface area contributed by atoms with Crippen LogP contribution in [0, 0.1) is 6.92 Å². The summed E-state index contributed by atoms with van der Waals surface area (Å²) in [4.78, 5) is 10.3. The zero-order valence-electron chi connectivity index (χ0n) is 10.0. The van der Waals surface area contributed by atoms with Crippen LogP contribution >= 0.6 is 27.3 Å². The fourth-order valence-corrected chi connectivity index (χ4v) is 3.05. The molecule has 0 aromatic carbocycles. The molecule has 90 valence electrons. The van der Waals surface area contributed by atoms with Crippen LogP contribution in [0.25, 0.3) is 10.7 Å². The SMILES string of the molecule is CCc1nc(-c2cc(Br)cs2)nc(NC)c1C. The van der Waals surface area contributed by atoms with E-state index in [-0.39, 0.29) is 0 Å². The van der Waals surface area contributed by atoms with Gasteiger partial charge < -0.3 is 5.32 Å². The number of rotatable bonds is 3. The Hall–Kier alpha value is -0.940. The van der Waals surface area contributed by atoms with Gasteiger partial charge in [-0.1, -0.05) is 6.92 Å². The third-order valence-electron chi connectivity index (χ3n) is 2.61. The van der Waals surface area contributed by atoms with Gasteiger partial charge in [-0.05, 0) is 35.3 Å². The summed E-state index contributed by atoms with van der Waals surface area (Å²) in [6.45, 7) is 4.17. The lowest BCUT2D eigenvalue weighted by Gasteiger charge is -2.10. The van der Waals surface area contributed by atoms with E-state index in [1.54, 1.807) is 11.3 Å². The van der Waals surface area contributed by atoms with Gasteiger partial charge in [-0.25, -0.2) is 9.97 Å². The van der Waals surface area contributed by atoms with E-state index in [4.69, 9.17) is 0 Å². The molecule has 0 bridgehead atoms. The first-order valence-electron chi connectivity index (χ1n) is 5.45. The predicted molar refractivity (Wildman–Crippen MR) is 76.7 cm³/mol. The van der Waals surface area contributed by atoms with Gasteiger partial charge in [0.15, 0.2) is 5.82 Å². The molecular weight excluding hydrogens is 298 g/mol. The molecule has 2 heterocycles. The van der Waals surface area contributed by atoms with E-state index in [0.29, 0.717) is 0 Å². The van der Waals surface area contributed by atoms with E-state index in [2.05, 4.69) is 45.1 Å². The minimum absolute atomic E-state index is 0.799. The van der Waals surface area contributed by atoms with Crippen molar-refractivity contribution < 1.29 is 0 Å². The van der Waals surface area contributed by atoms with Gasteiger partial charge in [0.2, 0.25) is 0 Å². The van der Waals surface area contributed by atoms with Crippen molar-refractivity contribution in [2.24, 2.45) is 0 Å². The number of anilines is 1. The lowest BCUT2D eigenvalue weighted by molar-refractivity contribution is 0.980. The second-order valence-corrected chi connectivity index (χ2v) is 5.53. The van der Waals surface area contributed by atoms with Crippen LogP contribution in [-0.4, -0.2) is 17.0 Å². The van der Waals surface area contributed by atoms with Gasteiger partial charge in [0.25, 0.3) is 0 Å². The monoisotopic (exact) mass is 311 g/mol. The van der Waals surface area contributed by atoms with Gasteiger partial charge >= 0.3 is 0 Å². The van der Waals surface area contributed by atoms with Crippen LogP contribution in [0.15, 0.2) is 15.9 Å². The number of halogens is 1. The van der Waals surface area contributed by atoms with E-state index < -0.39 is 0 Å². The minimum Gasteiger partial charge on any atom is -0.373 e. The van der Waals surface area contributed by atoms with Crippen molar-refractivity contribution in [2.45, 2.75) is 20.3 Å². The Morgan fingerprint density at radius 2 is 2.18 bits per heavy atom. The minimum atomic E-state index is 0.799. The molecule has 0 radical (unpaired) electrons. The van der Waals surface area contributed by atoms with Crippen molar-refractivity contribution in [3.8, 4) is 10.7 Å². The molecule has 2 aromatic heterocycles. The van der Waals surface area contributed by atoms with Crippen LogP contribution in [0.1, 0.15) is 18.2 Å². The van der Waals surface area contributed by atoms with Crippen molar-refractivity contribution in [3.63, 3.8) is 0 Å². The molecule has 17 heavy (non-hydrogen) atoms. The van der Waals surface area contributed by atoms with Crippen LogP contribution in [-0.2, 0) is 6.42 Å². The molecule has 0 aliphatic heterocycles. The van der Waals surface area contributed by atoms with Gasteiger partial charge in [-0.15, -0.1) is 11.3 Å². The van der Waals surface area contributed by atoms with Crippen molar-refractivity contribution in [1.29, 1.82) is 0 Å². The molecule has 0 aliphatic rings. The Bertz CT molecular complexity index is 511. The summed E-state index contributed by atoms with van der Waals surface area (Å²) in [5.74, 6) is 1.71. The highest BCUT2D eigenvalue weighted by atomic mass is 79.9. The Morgan fingerprint density at radius 3 is 2.71 bits per heavy atom. The van der Waals surface area contributed by atoms with Gasteiger partial charge in [0, 0.05) is 28.2 Å². The Kier molecular flexibility index (Phi) is 3.79. The van der Waals surface area contributed by atoms with Crippen LogP contribution < -0.4 is 5.32 Å². The summed E-state index contributed by atoms with van der Waals surface area (Å²) in [6, 6.07) is 2.05. The molecular formula is C12H14BrN3S. The van der Waals surface area contributed by atoms with E-state index in [1.807, 2.05) is 18.5 Å². The molecule has 0 fully saturated rings. The lowest BCUT2D eigenvalue weighted by Crippen LogP contribution is -2.04. The van der Waals surface area contributed by atoms with Gasteiger partial charge in [-0.3, -0.25) is 0 Å². The van der Waals surface area contributed by atoms with Gasteiger partial charge in [0.05, 0.1) is 4.88 Å². The van der Waals surface area contributed by atoms with Gasteiger partial charge in [-0.2, -0.15) is 0 Å². The smallest absolute Gasteiger partial charge is 0.171 e. The summed E-state index contributed by atoms with van der Waals surface area (Å²) >= 11 is 5.10. The number of hydrogen-bond acceptors (Lipinski definition) is 4. The zero-order chi connectivity index (χ0) is 12.4. The Balaban J connectivity index is 2.55. The van der Waals surface area contributed by atoms with E-state index in [1.165, 1.54) is 0 Å². The maximum absolute atomic E-state index is 4.62. The Labute approximate surface area is 113 Å². The first-order chi connectivity index (χ1) is 8.15. The third-order valence-corrected chi connectivity index (χ3v) is 4.29. The molecule has 2 aromatic rings. The summed E-state index contributed by atoms with van der Waals surface area (Å²) in [6.07, 6.45) is 0.919. The topological polar surface area (TPSA) is 37.8 Å². The fraction of sp³-hybridized carbons (Fsp3) is 0.333. The molecule has 0 atom stereocenters. The lowest BCUT2D eigenvalue weighted by atomic mass is 10.2. The number of thiophene rings is 1. The summed E-state index contributed by atoms with van der Waals surface area (Å²) in [7, 11) is 1.89. The van der Waals surface area contributed by atoms with Crippen LogP contribution in [0.4, 0.5) is 5.82 Å². The molecule has 2 rings (SSSR count). The standard InChI is InChI=1S/C12H14BrN3S/c1-4-9-7(2)11(14-3)16-12(15-9)10-5-8(13)6-17-10/h5-6H,4H2,1-3H3,(H,14,15,16). The normalized spacial score (nSPS) is 10.6. The van der Waals surface area contributed by atoms with E-state index in [0.717, 1.165) is 38.7 Å². The predicted octanol–water partition coefficient (Wildman–Crippen LogP) is 3.88. The molecule has 0 spiro atoms. The average molecular weight is 312 g/mol. The van der Waals surface area contributed by atoms with Crippen molar-refractivity contribution in [2.75, 3.05) is 12.4 Å². The van der Waals surface area contributed by atoms with E-state index in [9.17, 15) is 0 Å². The van der Waals surface area contributed by atoms with Crippen molar-refractivity contribution >= 4 is 33.1 Å². The molecule has 5 heteroatoms. The van der Waals surface area contributed by atoms with Crippen molar-refractivity contribution in [1.82, 2.24) is 9.97 Å². The quantitative estimate of drug-likeness (QED) is 0.934. The molecule has 0 saturated heterocycles. The van der Waals surface area contributed by atoms with Crippen molar-refractivity contribution in [3.05, 3.63) is 27.2 Å². The molecule has 0 unspecified atom stereocenters. The first kappa shape index (κ1) is 12.5. The molecule has 0 aliphatic carbocycles. The second kappa shape index (κ2) is 5.14. The van der Waals surface area contributed by atoms with Crippen LogP contribution in [0.5, 0.6) is 0 Å². The number of hydrogen-bond donors (Lipinski definition) is 1. The van der Waals surface area contributed by atoms with E-state index >= 15 is 0 Å². The highest BCUT2D eigenvalue weighted by Gasteiger charge is 2.11. The highest BCUT2D eigenvalue weighted by molar-refractivity contribution is 9.10. The number of nitrogens with one attached hydrogen (secondary N) is 1. The molecule has 3 nitrogen and oxygen atoms in total. The summed E-state index contributed by atoms with van der Waals surface area (Å²) < 4.78 is 1.07. The summed E-state index contributed by atoms with van der Waals surface area (Å²) in [5.41, 5.74) is 2.23. The first-order valence-corrected chi connectivity index (χ1v) is 7.12. The molecule has 0 saturated carbocycles. The summed E-state index contributed by atoms with van der Waals surface area (Å²) in [5, 5.41) is 5.17. The second-order valence-electron chi connectivity index (χ2n) is 3.70. The highest BCUT2D eigenvalue weighted by Crippen LogP contribution is 2.29.